The number of nitrogens with one attached hydrogen (secondary N) is 1. The van der Waals surface area contributed by atoms with E-state index < -0.39 is 0 Å². The Morgan fingerprint density at radius 3 is 2.64 bits per heavy atom. The summed E-state index contributed by atoms with van der Waals surface area (Å²) in [6, 6.07) is 18.3. The summed E-state index contributed by atoms with van der Waals surface area (Å²) in [4.78, 5) is 34.7. The summed E-state index contributed by atoms with van der Waals surface area (Å²) in [7, 11) is 0. The summed E-state index contributed by atoms with van der Waals surface area (Å²) in [5, 5.41) is 3.09. The average Bonchev–Trinajstić information content (AvgIpc) is 3.32. The molecule has 2 aromatic carbocycles. The Kier molecular flexibility index (Phi) is 6.46. The fraction of sp³-hybridized carbons (Fsp3) is 0.320. The first-order chi connectivity index (χ1) is 16.2. The third-order valence-corrected chi connectivity index (χ3v) is 7.11. The molecule has 1 fully saturated rings. The Bertz CT molecular complexity index is 1130. The second-order valence-corrected chi connectivity index (χ2v) is 9.39. The van der Waals surface area contributed by atoms with Crippen molar-refractivity contribution in [2.75, 3.05) is 23.7 Å². The lowest BCUT2D eigenvalue weighted by atomic mass is 10.0. The van der Waals surface area contributed by atoms with Crippen LogP contribution in [0.3, 0.4) is 0 Å². The van der Waals surface area contributed by atoms with E-state index in [1.807, 2.05) is 30.3 Å². The van der Waals surface area contributed by atoms with Crippen LogP contribution in [0, 0.1) is 0 Å². The molecular formula is C25H26N4O3S. The van der Waals surface area contributed by atoms with Gasteiger partial charge in [0.1, 0.15) is 12.8 Å². The molecule has 33 heavy (non-hydrogen) atoms. The number of para-hydroxylation sites is 1. The van der Waals surface area contributed by atoms with E-state index in [4.69, 9.17) is 4.42 Å². The molecular weight excluding hydrogens is 436 g/mol. The molecule has 2 aliphatic rings. The summed E-state index contributed by atoms with van der Waals surface area (Å²) in [6.07, 6.45) is 3.18. The molecule has 8 heteroatoms. The van der Waals surface area contributed by atoms with Gasteiger partial charge in [-0.15, -0.1) is 11.8 Å². The Morgan fingerprint density at radius 2 is 1.82 bits per heavy atom. The van der Waals surface area contributed by atoms with E-state index in [0.29, 0.717) is 11.6 Å². The minimum atomic E-state index is -0.229. The molecule has 2 amide bonds. The molecule has 7 nitrogen and oxygen atoms in total. The highest BCUT2D eigenvalue weighted by Gasteiger charge is 2.27. The molecule has 0 saturated carbocycles. The van der Waals surface area contributed by atoms with Crippen molar-refractivity contribution in [1.82, 2.24) is 15.2 Å². The van der Waals surface area contributed by atoms with Crippen LogP contribution in [0.25, 0.3) is 0 Å². The van der Waals surface area contributed by atoms with Crippen molar-refractivity contribution in [2.24, 2.45) is 0 Å². The number of amides is 2. The van der Waals surface area contributed by atoms with E-state index in [9.17, 15) is 9.59 Å². The molecule has 5 rings (SSSR count). The fourth-order valence-electron chi connectivity index (χ4n) is 4.29. The van der Waals surface area contributed by atoms with Gasteiger partial charge in [-0.1, -0.05) is 42.5 Å². The topological polar surface area (TPSA) is 78.7 Å². The second kappa shape index (κ2) is 9.80. The van der Waals surface area contributed by atoms with Crippen LogP contribution in [0.1, 0.15) is 34.8 Å². The zero-order valence-corrected chi connectivity index (χ0v) is 19.1. The zero-order chi connectivity index (χ0) is 22.6. The number of likely N-dealkylation sites (tertiary alicyclic amines) is 1. The number of carbonyl (C=O) groups is 2. The quantitative estimate of drug-likeness (QED) is 0.602. The molecule has 0 unspecified atom stereocenters. The van der Waals surface area contributed by atoms with Crippen LogP contribution < -0.4 is 10.2 Å². The van der Waals surface area contributed by atoms with Crippen molar-refractivity contribution in [2.45, 2.75) is 36.9 Å². The van der Waals surface area contributed by atoms with E-state index in [1.54, 1.807) is 4.90 Å². The van der Waals surface area contributed by atoms with E-state index in [2.05, 4.69) is 39.5 Å². The van der Waals surface area contributed by atoms with Gasteiger partial charge >= 0.3 is 0 Å². The van der Waals surface area contributed by atoms with Gasteiger partial charge in [-0.2, -0.15) is 0 Å². The summed E-state index contributed by atoms with van der Waals surface area (Å²) >= 11 is 1.53. The van der Waals surface area contributed by atoms with Gasteiger partial charge in [-0.25, -0.2) is 4.98 Å². The highest BCUT2D eigenvalue weighted by atomic mass is 32.2. The minimum Gasteiger partial charge on any atom is -0.446 e. The molecule has 3 aromatic rings. The van der Waals surface area contributed by atoms with E-state index in [0.717, 1.165) is 43.1 Å². The number of anilines is 1. The molecule has 0 atom stereocenters. The molecule has 170 valence electrons. The molecule has 1 aromatic heterocycles. The average molecular weight is 463 g/mol. The second-order valence-electron chi connectivity index (χ2n) is 8.37. The number of fused-ring (bicyclic) bond motifs is 1. The number of carbonyl (C=O) groups excluding carboxylic acids is 2. The van der Waals surface area contributed by atoms with Gasteiger partial charge in [0, 0.05) is 30.6 Å². The van der Waals surface area contributed by atoms with Crippen LogP contribution in [0.5, 0.6) is 0 Å². The molecule has 0 radical (unpaired) electrons. The van der Waals surface area contributed by atoms with Gasteiger partial charge in [0.05, 0.1) is 11.4 Å². The van der Waals surface area contributed by atoms with Gasteiger partial charge in [0.2, 0.25) is 11.8 Å². The molecule has 1 N–H and O–H groups in total. The van der Waals surface area contributed by atoms with Crippen molar-refractivity contribution >= 4 is 29.3 Å². The maximum Gasteiger partial charge on any atom is 0.273 e. The monoisotopic (exact) mass is 462 g/mol. The Morgan fingerprint density at radius 1 is 1.06 bits per heavy atom. The van der Waals surface area contributed by atoms with Gasteiger partial charge in [-0.05, 0) is 30.5 Å². The number of hydrogen-bond acceptors (Lipinski definition) is 6. The van der Waals surface area contributed by atoms with Crippen LogP contribution in [0.15, 0.2) is 70.2 Å². The third-order valence-electron chi connectivity index (χ3n) is 6.06. The first kappa shape index (κ1) is 21.7. The van der Waals surface area contributed by atoms with Crippen LogP contribution in [-0.2, 0) is 17.9 Å². The first-order valence-corrected chi connectivity index (χ1v) is 12.2. The van der Waals surface area contributed by atoms with Crippen LogP contribution in [-0.4, -0.2) is 46.6 Å². The van der Waals surface area contributed by atoms with E-state index in [-0.39, 0.29) is 30.1 Å². The number of thioether (sulfide) groups is 1. The standard InChI is InChI=1S/C25H26N4O3S/c30-24-17-33-22-9-5-4-8-21(22)29(24)15-23-27-20(16-32-23)25(31)26-19-10-12-28(13-11-19)14-18-6-2-1-3-7-18/h1-9,16,19H,10-15,17H2,(H,26,31). The number of nitrogens with zero attached hydrogens (tertiary/aromatic N) is 3. The number of rotatable bonds is 6. The largest absolute Gasteiger partial charge is 0.446 e. The number of piperidine rings is 1. The van der Waals surface area contributed by atoms with Crippen LogP contribution in [0.4, 0.5) is 5.69 Å². The van der Waals surface area contributed by atoms with Crippen LogP contribution >= 0.6 is 11.8 Å². The van der Waals surface area contributed by atoms with Crippen molar-refractivity contribution in [3.05, 3.63) is 78.0 Å². The van der Waals surface area contributed by atoms with Crippen molar-refractivity contribution in [3.63, 3.8) is 0 Å². The van der Waals surface area contributed by atoms with Crippen molar-refractivity contribution in [1.29, 1.82) is 0 Å². The maximum absolute atomic E-state index is 12.7. The van der Waals surface area contributed by atoms with Crippen molar-refractivity contribution in [3.8, 4) is 0 Å². The Hall–Kier alpha value is -3.10. The molecule has 3 heterocycles. The number of aromatic nitrogens is 1. The number of oxazole rings is 1. The lowest BCUT2D eigenvalue weighted by Gasteiger charge is -2.32. The maximum atomic E-state index is 12.7. The Balaban J connectivity index is 1.15. The molecule has 1 saturated heterocycles. The first-order valence-electron chi connectivity index (χ1n) is 11.2. The van der Waals surface area contributed by atoms with Gasteiger partial charge in [0.25, 0.3) is 5.91 Å². The lowest BCUT2D eigenvalue weighted by Crippen LogP contribution is -2.44. The SMILES string of the molecule is O=C(NC1CCN(Cc2ccccc2)CC1)c1coc(CN2C(=O)CSc3ccccc32)n1. The summed E-state index contributed by atoms with van der Waals surface area (Å²) in [5.74, 6) is 0.513. The van der Waals surface area contributed by atoms with Crippen molar-refractivity contribution < 1.29 is 14.0 Å². The zero-order valence-electron chi connectivity index (χ0n) is 18.3. The molecule has 0 aliphatic carbocycles. The Labute approximate surface area is 197 Å². The fourth-order valence-corrected chi connectivity index (χ4v) is 5.22. The third kappa shape index (κ3) is 5.12. The van der Waals surface area contributed by atoms with Gasteiger partial charge in [0.15, 0.2) is 5.69 Å². The molecule has 2 aliphatic heterocycles. The predicted molar refractivity (Wildman–Crippen MR) is 127 cm³/mol. The molecule has 0 bridgehead atoms. The van der Waals surface area contributed by atoms with E-state index in [1.165, 1.54) is 23.6 Å². The highest BCUT2D eigenvalue weighted by molar-refractivity contribution is 8.00. The van der Waals surface area contributed by atoms with Gasteiger partial charge < -0.3 is 14.6 Å². The van der Waals surface area contributed by atoms with Gasteiger partial charge in [-0.3, -0.25) is 14.5 Å². The summed E-state index contributed by atoms with van der Waals surface area (Å²) in [6.45, 7) is 3.03. The summed E-state index contributed by atoms with van der Waals surface area (Å²) in [5.41, 5.74) is 2.41. The van der Waals surface area contributed by atoms with E-state index >= 15 is 0 Å². The minimum absolute atomic E-state index is 0.00478. The number of benzene rings is 2. The highest BCUT2D eigenvalue weighted by Crippen LogP contribution is 2.35. The number of hydrogen-bond donors (Lipinski definition) is 1. The smallest absolute Gasteiger partial charge is 0.273 e. The normalized spacial score (nSPS) is 17.1. The van der Waals surface area contributed by atoms with Crippen LogP contribution in [0.2, 0.25) is 0 Å². The lowest BCUT2D eigenvalue weighted by molar-refractivity contribution is -0.116. The molecule has 0 spiro atoms. The summed E-state index contributed by atoms with van der Waals surface area (Å²) < 4.78 is 5.54. The predicted octanol–water partition coefficient (Wildman–Crippen LogP) is 3.71.